The number of ketones is 1. The molecule has 5 heteroatoms. The summed E-state index contributed by atoms with van der Waals surface area (Å²) in [4.78, 5) is 14.4. The zero-order chi connectivity index (χ0) is 26.4. The fourth-order valence-corrected chi connectivity index (χ4v) is 6.08. The summed E-state index contributed by atoms with van der Waals surface area (Å²) < 4.78 is 30.3. The zero-order valence-electron chi connectivity index (χ0n) is 21.5. The summed E-state index contributed by atoms with van der Waals surface area (Å²) in [5.74, 6) is -0.967. The minimum absolute atomic E-state index is 0.0894. The van der Waals surface area contributed by atoms with E-state index in [-0.39, 0.29) is 16.6 Å². The number of carbonyl (C=O) groups is 1. The Hall–Kier alpha value is -3.54. The number of rotatable bonds is 10. The molecular weight excluding hydrogens is 478 g/mol. The van der Waals surface area contributed by atoms with E-state index in [1.165, 1.54) is 0 Å². The SMILES string of the molecule is CC[C@H](c1ccc(C)cc1)[C@@H](C(=O)c1ccccc1)[C@H](NS(=O)(=O)c1ccc(C)cc1)c1ccccc1. The van der Waals surface area contributed by atoms with Gasteiger partial charge in [-0.3, -0.25) is 4.79 Å². The second kappa shape index (κ2) is 11.7. The van der Waals surface area contributed by atoms with E-state index in [1.807, 2.05) is 93.6 Å². The fourth-order valence-electron chi connectivity index (χ4n) is 4.83. The summed E-state index contributed by atoms with van der Waals surface area (Å²) >= 11 is 0. The number of aryl methyl sites for hydroxylation is 2. The molecule has 0 heterocycles. The monoisotopic (exact) mass is 511 g/mol. The maximum absolute atomic E-state index is 14.2. The smallest absolute Gasteiger partial charge is 0.241 e. The Balaban J connectivity index is 1.88. The van der Waals surface area contributed by atoms with Crippen LogP contribution < -0.4 is 4.72 Å². The first-order chi connectivity index (χ1) is 17.8. The summed E-state index contributed by atoms with van der Waals surface area (Å²) in [5, 5.41) is 0. The summed E-state index contributed by atoms with van der Waals surface area (Å²) in [7, 11) is -3.92. The van der Waals surface area contributed by atoms with Gasteiger partial charge in [0.05, 0.1) is 10.9 Å². The lowest BCUT2D eigenvalue weighted by Crippen LogP contribution is -2.39. The van der Waals surface area contributed by atoms with Gasteiger partial charge in [-0.2, -0.15) is 0 Å². The third kappa shape index (κ3) is 6.24. The third-order valence-corrected chi connectivity index (χ3v) is 8.33. The molecule has 0 amide bonds. The van der Waals surface area contributed by atoms with Crippen molar-refractivity contribution in [3.05, 3.63) is 137 Å². The molecule has 37 heavy (non-hydrogen) atoms. The molecule has 4 aromatic rings. The van der Waals surface area contributed by atoms with E-state index < -0.39 is 22.0 Å². The van der Waals surface area contributed by atoms with E-state index >= 15 is 0 Å². The topological polar surface area (TPSA) is 63.2 Å². The van der Waals surface area contributed by atoms with Gasteiger partial charge in [0.25, 0.3) is 0 Å². The molecule has 3 atom stereocenters. The highest BCUT2D eigenvalue weighted by Gasteiger charge is 2.39. The molecule has 0 aliphatic carbocycles. The van der Waals surface area contributed by atoms with E-state index in [1.54, 1.807) is 36.4 Å². The number of carbonyl (C=O) groups excluding carboxylic acids is 1. The van der Waals surface area contributed by atoms with Crippen molar-refractivity contribution in [2.75, 3.05) is 0 Å². The molecule has 4 rings (SSSR count). The van der Waals surface area contributed by atoms with Crippen molar-refractivity contribution in [1.29, 1.82) is 0 Å². The zero-order valence-corrected chi connectivity index (χ0v) is 22.3. The standard InChI is InChI=1S/C32H33NO3S/c1-4-29(25-19-15-23(2)16-20-25)30(32(34)27-13-9-6-10-14-27)31(26-11-7-5-8-12-26)33-37(35,36)28-21-17-24(3)18-22-28/h5-22,29-31,33H,4H2,1-3H3/t29-,30-,31-/m1/s1. The molecule has 190 valence electrons. The third-order valence-electron chi connectivity index (χ3n) is 6.87. The second-order valence-corrected chi connectivity index (χ2v) is 11.2. The molecule has 0 aliphatic heterocycles. The normalized spacial score (nSPS) is 14.0. The maximum atomic E-state index is 14.2. The van der Waals surface area contributed by atoms with Crippen LogP contribution in [-0.4, -0.2) is 14.2 Å². The summed E-state index contributed by atoms with van der Waals surface area (Å²) in [6.07, 6.45) is 0.669. The average molecular weight is 512 g/mol. The Morgan fingerprint density at radius 2 is 1.22 bits per heavy atom. The van der Waals surface area contributed by atoms with Gasteiger partial charge >= 0.3 is 0 Å². The molecule has 0 saturated heterocycles. The highest BCUT2D eigenvalue weighted by molar-refractivity contribution is 7.89. The maximum Gasteiger partial charge on any atom is 0.241 e. The van der Waals surface area contributed by atoms with Crippen LogP contribution >= 0.6 is 0 Å². The van der Waals surface area contributed by atoms with Crippen molar-refractivity contribution in [3.63, 3.8) is 0 Å². The van der Waals surface area contributed by atoms with Crippen LogP contribution in [0.2, 0.25) is 0 Å². The van der Waals surface area contributed by atoms with Gasteiger partial charge in [-0.1, -0.05) is 115 Å². The lowest BCUT2D eigenvalue weighted by atomic mass is 9.74. The van der Waals surface area contributed by atoms with E-state index in [2.05, 4.69) is 4.72 Å². The molecular formula is C32H33NO3S. The van der Waals surface area contributed by atoms with E-state index in [0.717, 1.165) is 22.3 Å². The van der Waals surface area contributed by atoms with Crippen molar-refractivity contribution < 1.29 is 13.2 Å². The van der Waals surface area contributed by atoms with Gasteiger partial charge in [0.1, 0.15) is 0 Å². The average Bonchev–Trinajstić information content (AvgIpc) is 2.92. The number of benzene rings is 4. The van der Waals surface area contributed by atoms with Crippen molar-refractivity contribution in [2.24, 2.45) is 5.92 Å². The predicted octanol–water partition coefficient (Wildman–Crippen LogP) is 7.02. The highest BCUT2D eigenvalue weighted by atomic mass is 32.2. The van der Waals surface area contributed by atoms with Gasteiger partial charge < -0.3 is 0 Å². The summed E-state index contributed by atoms with van der Waals surface area (Å²) in [6.45, 7) is 5.99. The van der Waals surface area contributed by atoms with Gasteiger partial charge in [0.15, 0.2) is 5.78 Å². The van der Waals surface area contributed by atoms with Crippen LogP contribution in [-0.2, 0) is 10.0 Å². The van der Waals surface area contributed by atoms with Gasteiger partial charge in [-0.25, -0.2) is 13.1 Å². The number of hydrogen-bond acceptors (Lipinski definition) is 3. The van der Waals surface area contributed by atoms with Crippen LogP contribution in [0, 0.1) is 19.8 Å². The van der Waals surface area contributed by atoms with Crippen molar-refractivity contribution in [2.45, 2.75) is 44.0 Å². The van der Waals surface area contributed by atoms with Crippen LogP contribution in [0.25, 0.3) is 0 Å². The molecule has 0 radical (unpaired) electrons. The molecule has 0 fully saturated rings. The molecule has 0 aromatic heterocycles. The van der Waals surface area contributed by atoms with Crippen molar-refractivity contribution in [1.82, 2.24) is 4.72 Å². The minimum atomic E-state index is -3.92. The highest BCUT2D eigenvalue weighted by Crippen LogP contribution is 2.40. The van der Waals surface area contributed by atoms with E-state index in [9.17, 15) is 13.2 Å². The molecule has 0 bridgehead atoms. The Labute approximate surface area is 220 Å². The van der Waals surface area contributed by atoms with Crippen molar-refractivity contribution >= 4 is 15.8 Å². The van der Waals surface area contributed by atoms with Crippen LogP contribution in [0.1, 0.15) is 57.9 Å². The predicted molar refractivity (Wildman–Crippen MR) is 149 cm³/mol. The first kappa shape index (κ1) is 26.5. The number of nitrogens with one attached hydrogen (secondary N) is 1. The first-order valence-corrected chi connectivity index (χ1v) is 14.1. The van der Waals surface area contributed by atoms with Crippen LogP contribution in [0.4, 0.5) is 0 Å². The van der Waals surface area contributed by atoms with Crippen molar-refractivity contribution in [3.8, 4) is 0 Å². The fraction of sp³-hybridized carbons (Fsp3) is 0.219. The molecule has 4 nitrogen and oxygen atoms in total. The first-order valence-electron chi connectivity index (χ1n) is 12.6. The molecule has 4 aromatic carbocycles. The van der Waals surface area contributed by atoms with Crippen LogP contribution in [0.3, 0.4) is 0 Å². The van der Waals surface area contributed by atoms with Gasteiger partial charge in [0.2, 0.25) is 10.0 Å². The Bertz CT molecular complexity index is 1420. The molecule has 0 unspecified atom stereocenters. The quantitative estimate of drug-likeness (QED) is 0.233. The molecule has 1 N–H and O–H groups in total. The van der Waals surface area contributed by atoms with E-state index in [0.29, 0.717) is 12.0 Å². The largest absolute Gasteiger partial charge is 0.294 e. The number of Topliss-reactive ketones (excluding diaryl/α,β-unsaturated/α-hetero) is 1. The second-order valence-electron chi connectivity index (χ2n) is 9.50. The summed E-state index contributed by atoms with van der Waals surface area (Å²) in [5.41, 5.74) is 4.43. The van der Waals surface area contributed by atoms with Gasteiger partial charge in [-0.05, 0) is 49.4 Å². The number of sulfonamides is 1. The Morgan fingerprint density at radius 3 is 1.76 bits per heavy atom. The van der Waals surface area contributed by atoms with Gasteiger partial charge in [-0.15, -0.1) is 0 Å². The minimum Gasteiger partial charge on any atom is -0.294 e. The van der Waals surface area contributed by atoms with Gasteiger partial charge in [0, 0.05) is 11.5 Å². The Morgan fingerprint density at radius 1 is 0.703 bits per heavy atom. The Kier molecular flexibility index (Phi) is 8.37. The van der Waals surface area contributed by atoms with E-state index in [4.69, 9.17) is 0 Å². The van der Waals surface area contributed by atoms with Crippen LogP contribution in [0.5, 0.6) is 0 Å². The summed E-state index contributed by atoms with van der Waals surface area (Å²) in [6, 6.07) is 32.7. The number of hydrogen-bond donors (Lipinski definition) is 1. The van der Waals surface area contributed by atoms with Crippen LogP contribution in [0.15, 0.2) is 114 Å². The molecule has 0 spiro atoms. The lowest BCUT2D eigenvalue weighted by Gasteiger charge is -2.34. The molecule has 0 aliphatic rings. The lowest BCUT2D eigenvalue weighted by molar-refractivity contribution is 0.0868. The molecule has 0 saturated carbocycles.